The van der Waals surface area contributed by atoms with E-state index in [2.05, 4.69) is 24.5 Å². The molecule has 2 saturated carbocycles. The molecule has 0 aromatic carbocycles. The summed E-state index contributed by atoms with van der Waals surface area (Å²) in [4.78, 5) is 12.0. The summed E-state index contributed by atoms with van der Waals surface area (Å²) in [6.45, 7) is 11.3. The van der Waals surface area contributed by atoms with E-state index in [-0.39, 0.29) is 12.1 Å². The number of hydrogen-bond acceptors (Lipinski definition) is 3. The van der Waals surface area contributed by atoms with E-state index in [1.807, 2.05) is 20.8 Å². The third-order valence-electron chi connectivity index (χ3n) is 4.95. The number of alkyl carbamates (subject to hydrolysis) is 1. The molecule has 0 aliphatic heterocycles. The molecule has 0 aromatic heterocycles. The number of nitrogens with one attached hydrogen (secondary N) is 2. The van der Waals surface area contributed by atoms with Crippen molar-refractivity contribution >= 4 is 6.09 Å². The molecule has 128 valence electrons. The summed E-state index contributed by atoms with van der Waals surface area (Å²) in [5, 5.41) is 6.80. The Hall–Kier alpha value is -0.770. The van der Waals surface area contributed by atoms with Gasteiger partial charge in [-0.3, -0.25) is 0 Å². The van der Waals surface area contributed by atoms with Crippen LogP contribution in [0, 0.1) is 17.8 Å². The summed E-state index contributed by atoms with van der Waals surface area (Å²) < 4.78 is 5.40. The van der Waals surface area contributed by atoms with Crippen LogP contribution in [0.5, 0.6) is 0 Å². The van der Waals surface area contributed by atoms with Crippen LogP contribution < -0.4 is 10.6 Å². The first-order valence-corrected chi connectivity index (χ1v) is 8.97. The lowest BCUT2D eigenvalue weighted by Gasteiger charge is -2.34. The summed E-state index contributed by atoms with van der Waals surface area (Å²) in [6.07, 6.45) is 6.08. The smallest absolute Gasteiger partial charge is 0.407 e. The molecule has 0 saturated heterocycles. The van der Waals surface area contributed by atoms with Crippen molar-refractivity contribution in [1.82, 2.24) is 10.6 Å². The first-order chi connectivity index (χ1) is 10.2. The molecule has 4 atom stereocenters. The van der Waals surface area contributed by atoms with Crippen LogP contribution >= 0.6 is 0 Å². The van der Waals surface area contributed by atoms with Crippen molar-refractivity contribution in [3.63, 3.8) is 0 Å². The number of hydrogen-bond donors (Lipinski definition) is 2. The van der Waals surface area contributed by atoms with Gasteiger partial charge >= 0.3 is 6.09 Å². The van der Waals surface area contributed by atoms with Gasteiger partial charge in [0.1, 0.15) is 5.60 Å². The van der Waals surface area contributed by atoms with Gasteiger partial charge in [-0.25, -0.2) is 4.79 Å². The van der Waals surface area contributed by atoms with E-state index >= 15 is 0 Å². The van der Waals surface area contributed by atoms with E-state index in [0.29, 0.717) is 12.0 Å². The molecular formula is C18H34N2O2. The molecule has 0 bridgehead atoms. The second-order valence-electron chi connectivity index (χ2n) is 8.50. The SMILES string of the molecule is CC1CCC(C)C(NCC(NC(=O)OC(C)(C)C)C2CC2)C1. The fraction of sp³-hybridized carbons (Fsp3) is 0.944. The third-order valence-corrected chi connectivity index (χ3v) is 4.95. The van der Waals surface area contributed by atoms with Crippen LogP contribution in [0.25, 0.3) is 0 Å². The molecular weight excluding hydrogens is 276 g/mol. The van der Waals surface area contributed by atoms with Gasteiger partial charge in [-0.2, -0.15) is 0 Å². The van der Waals surface area contributed by atoms with Gasteiger partial charge in [0.15, 0.2) is 0 Å². The average Bonchev–Trinajstić information content (AvgIpc) is 3.20. The highest BCUT2D eigenvalue weighted by molar-refractivity contribution is 5.68. The van der Waals surface area contributed by atoms with Crippen LogP contribution in [0.3, 0.4) is 0 Å². The van der Waals surface area contributed by atoms with Crippen molar-refractivity contribution in [3.05, 3.63) is 0 Å². The number of carbonyl (C=O) groups is 1. The van der Waals surface area contributed by atoms with E-state index in [4.69, 9.17) is 4.74 Å². The number of ether oxygens (including phenoxy) is 1. The Balaban J connectivity index is 1.80. The zero-order valence-corrected chi connectivity index (χ0v) is 14.9. The number of rotatable bonds is 5. The first kappa shape index (κ1) is 17.6. The molecule has 1 amide bonds. The minimum Gasteiger partial charge on any atom is -0.444 e. The molecule has 0 spiro atoms. The Morgan fingerprint density at radius 1 is 1.18 bits per heavy atom. The normalized spacial score (nSPS) is 30.7. The van der Waals surface area contributed by atoms with Crippen molar-refractivity contribution < 1.29 is 9.53 Å². The van der Waals surface area contributed by atoms with Gasteiger partial charge in [0.2, 0.25) is 0 Å². The topological polar surface area (TPSA) is 50.4 Å². The summed E-state index contributed by atoms with van der Waals surface area (Å²) in [6, 6.07) is 0.796. The molecule has 0 radical (unpaired) electrons. The van der Waals surface area contributed by atoms with Crippen LogP contribution in [0.15, 0.2) is 0 Å². The molecule has 2 N–H and O–H groups in total. The number of amides is 1. The zero-order valence-electron chi connectivity index (χ0n) is 14.9. The molecule has 0 aromatic rings. The van der Waals surface area contributed by atoms with Gasteiger partial charge in [0.25, 0.3) is 0 Å². The summed E-state index contributed by atoms with van der Waals surface area (Å²) in [5.41, 5.74) is -0.432. The summed E-state index contributed by atoms with van der Waals surface area (Å²) >= 11 is 0. The highest BCUT2D eigenvalue weighted by atomic mass is 16.6. The van der Waals surface area contributed by atoms with Crippen molar-refractivity contribution in [3.8, 4) is 0 Å². The second-order valence-corrected chi connectivity index (χ2v) is 8.50. The molecule has 4 unspecified atom stereocenters. The molecule has 22 heavy (non-hydrogen) atoms. The van der Waals surface area contributed by atoms with E-state index in [9.17, 15) is 4.79 Å². The highest BCUT2D eigenvalue weighted by Crippen LogP contribution is 2.33. The van der Waals surface area contributed by atoms with E-state index in [0.717, 1.165) is 18.4 Å². The van der Waals surface area contributed by atoms with Crippen LogP contribution in [0.2, 0.25) is 0 Å². The molecule has 2 rings (SSSR count). The third kappa shape index (κ3) is 5.79. The molecule has 4 nitrogen and oxygen atoms in total. The van der Waals surface area contributed by atoms with E-state index < -0.39 is 5.60 Å². The minimum absolute atomic E-state index is 0.208. The van der Waals surface area contributed by atoms with Crippen molar-refractivity contribution in [2.24, 2.45) is 17.8 Å². The van der Waals surface area contributed by atoms with Gasteiger partial charge in [-0.1, -0.05) is 20.3 Å². The maximum Gasteiger partial charge on any atom is 0.407 e. The van der Waals surface area contributed by atoms with Crippen molar-refractivity contribution in [1.29, 1.82) is 0 Å². The molecule has 0 heterocycles. The van der Waals surface area contributed by atoms with Crippen molar-refractivity contribution in [2.75, 3.05) is 6.54 Å². The first-order valence-electron chi connectivity index (χ1n) is 8.97. The lowest BCUT2D eigenvalue weighted by Crippen LogP contribution is -2.49. The fourth-order valence-corrected chi connectivity index (χ4v) is 3.39. The maximum absolute atomic E-state index is 12.0. The van der Waals surface area contributed by atoms with E-state index in [1.165, 1.54) is 32.1 Å². The van der Waals surface area contributed by atoms with Gasteiger partial charge in [-0.05, 0) is 64.2 Å². The Morgan fingerprint density at radius 3 is 2.45 bits per heavy atom. The van der Waals surface area contributed by atoms with Gasteiger partial charge in [0.05, 0.1) is 0 Å². The second kappa shape index (κ2) is 7.20. The summed E-state index contributed by atoms with van der Waals surface area (Å²) in [5.74, 6) is 2.17. The summed E-state index contributed by atoms with van der Waals surface area (Å²) in [7, 11) is 0. The quantitative estimate of drug-likeness (QED) is 0.814. The Morgan fingerprint density at radius 2 is 1.86 bits per heavy atom. The van der Waals surface area contributed by atoms with E-state index in [1.54, 1.807) is 0 Å². The Kier molecular flexibility index (Phi) is 5.76. The number of carbonyl (C=O) groups excluding carboxylic acids is 1. The van der Waals surface area contributed by atoms with Crippen LogP contribution in [-0.2, 0) is 4.74 Å². The molecule has 2 fully saturated rings. The highest BCUT2D eigenvalue weighted by Gasteiger charge is 2.34. The predicted molar refractivity (Wildman–Crippen MR) is 89.9 cm³/mol. The van der Waals surface area contributed by atoms with Crippen LogP contribution in [0.4, 0.5) is 4.79 Å². The average molecular weight is 310 g/mol. The molecule has 4 heteroatoms. The van der Waals surface area contributed by atoms with Crippen LogP contribution in [0.1, 0.15) is 66.7 Å². The largest absolute Gasteiger partial charge is 0.444 e. The predicted octanol–water partition coefficient (Wildman–Crippen LogP) is 3.70. The molecule has 2 aliphatic carbocycles. The van der Waals surface area contributed by atoms with Crippen molar-refractivity contribution in [2.45, 2.75) is 84.4 Å². The Bertz CT molecular complexity index is 374. The van der Waals surface area contributed by atoms with Gasteiger partial charge in [0, 0.05) is 18.6 Å². The fourth-order valence-electron chi connectivity index (χ4n) is 3.39. The molecule has 2 aliphatic rings. The maximum atomic E-state index is 12.0. The van der Waals surface area contributed by atoms with Gasteiger partial charge in [-0.15, -0.1) is 0 Å². The van der Waals surface area contributed by atoms with Crippen LogP contribution in [-0.4, -0.2) is 30.3 Å². The lowest BCUT2D eigenvalue weighted by atomic mass is 9.80. The zero-order chi connectivity index (χ0) is 16.3. The standard InChI is InChI=1S/C18H34N2O2/c1-12-6-7-13(2)15(10-12)19-11-16(14-8-9-14)20-17(21)22-18(3,4)5/h12-16,19H,6-11H2,1-5H3,(H,20,21). The monoisotopic (exact) mass is 310 g/mol. The Labute approximate surface area is 135 Å². The minimum atomic E-state index is -0.432. The lowest BCUT2D eigenvalue weighted by molar-refractivity contribution is 0.0495. The van der Waals surface area contributed by atoms with Gasteiger partial charge < -0.3 is 15.4 Å².